The van der Waals surface area contributed by atoms with Gasteiger partial charge >= 0.3 is 0 Å². The van der Waals surface area contributed by atoms with Gasteiger partial charge in [0, 0.05) is 13.2 Å². The van der Waals surface area contributed by atoms with E-state index < -0.39 is 15.8 Å². The second-order valence-electron chi connectivity index (χ2n) is 5.72. The van der Waals surface area contributed by atoms with Crippen LogP contribution in [0.2, 0.25) is 0 Å². The third-order valence-corrected chi connectivity index (χ3v) is 5.43. The summed E-state index contributed by atoms with van der Waals surface area (Å²) in [4.78, 5) is 0.0554. The first kappa shape index (κ1) is 18.6. The van der Waals surface area contributed by atoms with Crippen LogP contribution in [-0.2, 0) is 10.0 Å². The first-order valence-electron chi connectivity index (χ1n) is 7.85. The van der Waals surface area contributed by atoms with Gasteiger partial charge in [-0.2, -0.15) is 0 Å². The summed E-state index contributed by atoms with van der Waals surface area (Å²) in [6.07, 6.45) is 1.14. The van der Waals surface area contributed by atoms with Gasteiger partial charge in [0.1, 0.15) is 5.82 Å². The van der Waals surface area contributed by atoms with E-state index >= 15 is 0 Å². The average molecular weight is 351 g/mol. The predicted molar refractivity (Wildman–Crippen MR) is 91.8 cm³/mol. The fourth-order valence-electron chi connectivity index (χ4n) is 2.59. The molecule has 2 aromatic rings. The van der Waals surface area contributed by atoms with Gasteiger partial charge in [0.15, 0.2) is 0 Å². The van der Waals surface area contributed by atoms with Crippen LogP contribution in [0.15, 0.2) is 53.4 Å². The van der Waals surface area contributed by atoms with Gasteiger partial charge in [0.05, 0.1) is 4.90 Å². The fourth-order valence-corrected chi connectivity index (χ4v) is 3.73. The van der Waals surface area contributed by atoms with Crippen LogP contribution in [-0.4, -0.2) is 26.7 Å². The minimum Gasteiger partial charge on any atom is -0.396 e. The number of halogens is 1. The zero-order chi connectivity index (χ0) is 17.6. The van der Waals surface area contributed by atoms with Crippen molar-refractivity contribution in [1.29, 1.82) is 0 Å². The van der Waals surface area contributed by atoms with Crippen LogP contribution >= 0.6 is 0 Å². The van der Waals surface area contributed by atoms with Crippen LogP contribution in [0, 0.1) is 12.7 Å². The Morgan fingerprint density at radius 1 is 1.12 bits per heavy atom. The molecule has 0 aromatic heterocycles. The number of hydrogen-bond donors (Lipinski definition) is 2. The quantitative estimate of drug-likeness (QED) is 0.768. The second-order valence-corrected chi connectivity index (χ2v) is 7.48. The fraction of sp³-hybridized carbons (Fsp3) is 0.333. The van der Waals surface area contributed by atoms with Crippen LogP contribution < -0.4 is 4.72 Å². The van der Waals surface area contributed by atoms with Crippen LogP contribution in [0.1, 0.15) is 29.9 Å². The molecule has 0 saturated carbocycles. The summed E-state index contributed by atoms with van der Waals surface area (Å²) in [7, 11) is -3.67. The van der Waals surface area contributed by atoms with Crippen molar-refractivity contribution in [2.45, 2.75) is 30.6 Å². The summed E-state index contributed by atoms with van der Waals surface area (Å²) in [5.41, 5.74) is 1.36. The highest BCUT2D eigenvalue weighted by molar-refractivity contribution is 7.89. The first-order chi connectivity index (χ1) is 11.4. The third-order valence-electron chi connectivity index (χ3n) is 3.97. The molecule has 0 aliphatic rings. The summed E-state index contributed by atoms with van der Waals surface area (Å²) >= 11 is 0. The van der Waals surface area contributed by atoms with E-state index in [1.54, 1.807) is 0 Å². The van der Waals surface area contributed by atoms with Crippen molar-refractivity contribution in [2.24, 2.45) is 0 Å². The molecule has 1 atom stereocenters. The Kier molecular flexibility index (Phi) is 6.48. The molecule has 6 heteroatoms. The Balaban J connectivity index is 2.01. The van der Waals surface area contributed by atoms with E-state index in [1.807, 2.05) is 30.3 Å². The largest absolute Gasteiger partial charge is 0.396 e. The number of aliphatic hydroxyl groups is 1. The minimum absolute atomic E-state index is 0.0451. The number of sulfonamides is 1. The topological polar surface area (TPSA) is 66.4 Å². The number of nitrogens with one attached hydrogen (secondary N) is 1. The Morgan fingerprint density at radius 3 is 2.46 bits per heavy atom. The molecule has 2 rings (SSSR count). The van der Waals surface area contributed by atoms with E-state index in [0.717, 1.165) is 11.6 Å². The Hall–Kier alpha value is -1.76. The monoisotopic (exact) mass is 351 g/mol. The van der Waals surface area contributed by atoms with Crippen LogP contribution in [0.5, 0.6) is 0 Å². The van der Waals surface area contributed by atoms with Gasteiger partial charge in [0.2, 0.25) is 10.0 Å². The van der Waals surface area contributed by atoms with E-state index in [0.29, 0.717) is 18.4 Å². The van der Waals surface area contributed by atoms with E-state index in [-0.39, 0.29) is 24.0 Å². The first-order valence-corrected chi connectivity index (χ1v) is 9.34. The Morgan fingerprint density at radius 2 is 1.83 bits per heavy atom. The molecule has 0 amide bonds. The van der Waals surface area contributed by atoms with Gasteiger partial charge in [-0.05, 0) is 55.0 Å². The van der Waals surface area contributed by atoms with Gasteiger partial charge in [-0.1, -0.05) is 30.3 Å². The lowest BCUT2D eigenvalue weighted by Crippen LogP contribution is -2.26. The highest BCUT2D eigenvalue weighted by atomic mass is 32.2. The lowest BCUT2D eigenvalue weighted by molar-refractivity contribution is 0.273. The maximum absolute atomic E-state index is 13.3. The predicted octanol–water partition coefficient (Wildman–Crippen LogP) is 2.97. The van der Waals surface area contributed by atoms with Gasteiger partial charge < -0.3 is 5.11 Å². The lowest BCUT2D eigenvalue weighted by atomic mass is 9.93. The normalized spacial score (nSPS) is 13.0. The molecule has 0 fully saturated rings. The van der Waals surface area contributed by atoms with Crippen molar-refractivity contribution in [1.82, 2.24) is 4.72 Å². The molecule has 0 spiro atoms. The highest BCUT2D eigenvalue weighted by Gasteiger charge is 2.17. The molecule has 2 aromatic carbocycles. The van der Waals surface area contributed by atoms with Crippen molar-refractivity contribution in [3.8, 4) is 0 Å². The summed E-state index contributed by atoms with van der Waals surface area (Å²) in [5, 5.41) is 9.22. The highest BCUT2D eigenvalue weighted by Crippen LogP contribution is 2.23. The van der Waals surface area contributed by atoms with Crippen LogP contribution in [0.4, 0.5) is 4.39 Å². The standard InChI is InChI=1S/C18H22FNO3S/c1-14-13-17(7-8-18(14)19)24(22,23)20-11-9-16(10-12-21)15-5-3-2-4-6-15/h2-8,13,16,20-21H,9-12H2,1H3/t16-/m0/s1. The molecular formula is C18H22FNO3S. The summed E-state index contributed by atoms with van der Waals surface area (Å²) in [6, 6.07) is 13.4. The molecular weight excluding hydrogens is 329 g/mol. The smallest absolute Gasteiger partial charge is 0.240 e. The van der Waals surface area contributed by atoms with Crippen LogP contribution in [0.3, 0.4) is 0 Å². The molecule has 4 nitrogen and oxygen atoms in total. The number of aliphatic hydroxyl groups excluding tert-OH is 1. The van der Waals surface area contributed by atoms with Crippen molar-refractivity contribution in [2.75, 3.05) is 13.2 Å². The molecule has 0 aliphatic carbocycles. The summed E-state index contributed by atoms with van der Waals surface area (Å²) in [5.74, 6) is -0.352. The minimum atomic E-state index is -3.67. The second kappa shape index (κ2) is 8.37. The van der Waals surface area contributed by atoms with Gasteiger partial charge in [-0.3, -0.25) is 0 Å². The van der Waals surface area contributed by atoms with Crippen LogP contribution in [0.25, 0.3) is 0 Å². The van der Waals surface area contributed by atoms with Crippen molar-refractivity contribution in [3.63, 3.8) is 0 Å². The molecule has 0 aliphatic heterocycles. The van der Waals surface area contributed by atoms with Crippen molar-refractivity contribution < 1.29 is 17.9 Å². The summed E-state index contributed by atoms with van der Waals surface area (Å²) in [6.45, 7) is 1.82. The van der Waals surface area contributed by atoms with E-state index in [2.05, 4.69) is 4.72 Å². The number of hydrogen-bond acceptors (Lipinski definition) is 3. The maximum atomic E-state index is 13.3. The lowest BCUT2D eigenvalue weighted by Gasteiger charge is -2.17. The number of aryl methyl sites for hydroxylation is 1. The molecule has 130 valence electrons. The van der Waals surface area contributed by atoms with Gasteiger partial charge in [-0.25, -0.2) is 17.5 Å². The average Bonchev–Trinajstić information content (AvgIpc) is 2.57. The van der Waals surface area contributed by atoms with Gasteiger partial charge in [0.25, 0.3) is 0 Å². The molecule has 0 heterocycles. The number of rotatable bonds is 8. The Labute approximate surface area is 142 Å². The molecule has 0 radical (unpaired) electrons. The van der Waals surface area contributed by atoms with Crippen molar-refractivity contribution in [3.05, 3.63) is 65.5 Å². The van der Waals surface area contributed by atoms with Crippen molar-refractivity contribution >= 4 is 10.0 Å². The molecule has 0 saturated heterocycles. The molecule has 24 heavy (non-hydrogen) atoms. The zero-order valence-electron chi connectivity index (χ0n) is 13.6. The maximum Gasteiger partial charge on any atom is 0.240 e. The van der Waals surface area contributed by atoms with E-state index in [9.17, 15) is 17.9 Å². The van der Waals surface area contributed by atoms with Gasteiger partial charge in [-0.15, -0.1) is 0 Å². The molecule has 2 N–H and O–H groups in total. The number of benzene rings is 2. The zero-order valence-corrected chi connectivity index (χ0v) is 14.4. The van der Waals surface area contributed by atoms with E-state index in [1.165, 1.54) is 19.1 Å². The Bertz CT molecular complexity index is 763. The van der Waals surface area contributed by atoms with E-state index in [4.69, 9.17) is 0 Å². The SMILES string of the molecule is Cc1cc(S(=O)(=O)NCC[C@@H](CCO)c2ccccc2)ccc1F. The third kappa shape index (κ3) is 4.87. The molecule has 0 unspecified atom stereocenters. The summed E-state index contributed by atoms with van der Waals surface area (Å²) < 4.78 is 40.4. The molecule has 0 bridgehead atoms.